The van der Waals surface area contributed by atoms with Crippen LogP contribution in [0.5, 0.6) is 0 Å². The molecular formula is C42H50N6O4. The summed E-state index contributed by atoms with van der Waals surface area (Å²) in [7, 11) is 0. The zero-order valence-electron chi connectivity index (χ0n) is 31.6. The van der Waals surface area contributed by atoms with Gasteiger partial charge in [-0.2, -0.15) is 0 Å². The number of carbonyl (C=O) groups excluding carboxylic acids is 2. The number of fused-ring (bicyclic) bond motifs is 1. The fourth-order valence-electron chi connectivity index (χ4n) is 7.60. The quantitative estimate of drug-likeness (QED) is 0.222. The van der Waals surface area contributed by atoms with Crippen LogP contribution in [0.3, 0.4) is 0 Å². The largest absolute Gasteiger partial charge is 0.444 e. The number of aliphatic imine (C=N–C) groups is 1. The van der Waals surface area contributed by atoms with Crippen LogP contribution in [-0.2, 0) is 9.47 Å². The molecule has 2 aromatic carbocycles. The topological polar surface area (TPSA) is 113 Å². The van der Waals surface area contributed by atoms with Crippen molar-refractivity contribution < 1.29 is 19.1 Å². The Hall–Kier alpha value is -4.99. The van der Waals surface area contributed by atoms with Crippen molar-refractivity contribution >= 4 is 34.4 Å². The molecule has 0 spiro atoms. The number of ether oxygens (including phenoxy) is 2. The Kier molecular flexibility index (Phi) is 9.21. The van der Waals surface area contributed by atoms with Crippen molar-refractivity contribution in [3.8, 4) is 22.5 Å². The first kappa shape index (κ1) is 35.4. The third-order valence-electron chi connectivity index (χ3n) is 10.2. The average molecular weight is 703 g/mol. The molecule has 1 N–H and O–H groups in total. The molecule has 2 fully saturated rings. The second-order valence-electron chi connectivity index (χ2n) is 16.5. The lowest BCUT2D eigenvalue weighted by Crippen LogP contribution is -2.46. The zero-order chi connectivity index (χ0) is 36.9. The summed E-state index contributed by atoms with van der Waals surface area (Å²) in [6.45, 7) is 15.5. The third kappa shape index (κ3) is 7.34. The van der Waals surface area contributed by atoms with E-state index < -0.39 is 11.2 Å². The number of nitrogens with one attached hydrogen (secondary N) is 1. The van der Waals surface area contributed by atoms with Crippen molar-refractivity contribution in [2.24, 2.45) is 4.99 Å². The van der Waals surface area contributed by atoms with Gasteiger partial charge in [-0.25, -0.2) is 19.6 Å². The monoisotopic (exact) mass is 702 g/mol. The van der Waals surface area contributed by atoms with E-state index in [1.54, 1.807) is 6.20 Å². The molecule has 272 valence electrons. The van der Waals surface area contributed by atoms with Crippen LogP contribution in [0.1, 0.15) is 105 Å². The molecule has 3 aliphatic heterocycles. The number of imidazole rings is 1. The minimum atomic E-state index is -0.562. The minimum Gasteiger partial charge on any atom is -0.444 e. The zero-order valence-corrected chi connectivity index (χ0v) is 31.6. The van der Waals surface area contributed by atoms with Crippen molar-refractivity contribution in [2.75, 3.05) is 0 Å². The first-order chi connectivity index (χ1) is 24.6. The maximum atomic E-state index is 13.1. The number of benzene rings is 2. The van der Waals surface area contributed by atoms with Gasteiger partial charge in [-0.05, 0) is 122 Å². The van der Waals surface area contributed by atoms with Gasteiger partial charge >= 0.3 is 12.2 Å². The first-order valence-electron chi connectivity index (χ1n) is 18.5. The molecule has 10 nitrogen and oxygen atoms in total. The molecule has 10 heteroatoms. The molecule has 0 radical (unpaired) electrons. The molecule has 2 amide bonds. The Bertz CT molecular complexity index is 2050. The van der Waals surface area contributed by atoms with Gasteiger partial charge in [0.2, 0.25) is 0 Å². The lowest BCUT2D eigenvalue weighted by Gasteiger charge is -2.31. The lowest BCUT2D eigenvalue weighted by atomic mass is 9.96. The number of pyridine rings is 1. The van der Waals surface area contributed by atoms with E-state index in [2.05, 4.69) is 72.3 Å². The maximum Gasteiger partial charge on any atom is 0.411 e. The van der Waals surface area contributed by atoms with Gasteiger partial charge in [-0.15, -0.1) is 0 Å². The van der Waals surface area contributed by atoms with E-state index in [0.717, 1.165) is 88.2 Å². The highest BCUT2D eigenvalue weighted by Gasteiger charge is 2.41. The van der Waals surface area contributed by atoms with Gasteiger partial charge in [-0.3, -0.25) is 14.8 Å². The summed E-state index contributed by atoms with van der Waals surface area (Å²) >= 11 is 0. The van der Waals surface area contributed by atoms with Crippen molar-refractivity contribution in [3.63, 3.8) is 0 Å². The van der Waals surface area contributed by atoms with E-state index in [4.69, 9.17) is 19.5 Å². The number of hydrogen-bond donors (Lipinski definition) is 1. The summed E-state index contributed by atoms with van der Waals surface area (Å²) in [6, 6.07) is 19.0. The number of aromatic nitrogens is 3. The van der Waals surface area contributed by atoms with E-state index in [1.165, 1.54) is 0 Å². The number of H-pyrrole nitrogens is 1. The summed E-state index contributed by atoms with van der Waals surface area (Å²) in [4.78, 5) is 47.7. The number of carbonyl (C=O) groups is 2. The van der Waals surface area contributed by atoms with E-state index in [-0.39, 0.29) is 36.4 Å². The Morgan fingerprint density at radius 3 is 2.00 bits per heavy atom. The SMILES string of the molecule is C[C@H]1CC[C@@H](C2=NC=C(c3ccc(-c4ccc5nc(-c6cnc([C@@H]7CC[C@H](C)N7C(=O)OC(C)(C)C)[nH]6)ccc5c4)cc3)C2)N1C(=O)OC(C)(C)C. The molecular weight excluding hydrogens is 653 g/mol. The Balaban J connectivity index is 1.02. The minimum absolute atomic E-state index is 0.0365. The van der Waals surface area contributed by atoms with Gasteiger partial charge in [-0.1, -0.05) is 36.4 Å². The van der Waals surface area contributed by atoms with Crippen LogP contribution < -0.4 is 0 Å². The van der Waals surface area contributed by atoms with Gasteiger partial charge in [0.05, 0.1) is 35.2 Å². The number of rotatable bonds is 5. The van der Waals surface area contributed by atoms with Crippen LogP contribution in [-0.4, -0.2) is 72.0 Å². The van der Waals surface area contributed by atoms with Gasteiger partial charge < -0.3 is 14.5 Å². The second-order valence-corrected chi connectivity index (χ2v) is 16.5. The van der Waals surface area contributed by atoms with Crippen LogP contribution in [0.2, 0.25) is 0 Å². The summed E-state index contributed by atoms with van der Waals surface area (Å²) in [5.74, 6) is 0.748. The van der Waals surface area contributed by atoms with Crippen LogP contribution in [0.25, 0.3) is 39.0 Å². The standard InChI is InChI=1S/C42H50N6O4/c1-25-9-19-36(47(25)39(49)51-41(3,4)5)34-22-31(23-43-34)28-13-11-27(12-14-28)29-15-17-32-30(21-29)16-18-33(45-32)35-24-44-38(46-35)37-20-10-26(2)48(37)40(50)52-42(6,7)8/h11-18,21,23-26,36-37H,9-10,19-20,22H2,1-8H3,(H,44,46)/t25-,26-,36-,37-/m0/s1. The van der Waals surface area contributed by atoms with Crippen LogP contribution in [0.4, 0.5) is 9.59 Å². The highest BCUT2D eigenvalue weighted by molar-refractivity contribution is 6.03. The third-order valence-corrected chi connectivity index (χ3v) is 10.2. The molecule has 0 aliphatic carbocycles. The highest BCUT2D eigenvalue weighted by Crippen LogP contribution is 2.37. The number of likely N-dealkylation sites (tertiary alicyclic amines) is 2. The summed E-state index contributed by atoms with van der Waals surface area (Å²) in [5.41, 5.74) is 6.94. The molecule has 52 heavy (non-hydrogen) atoms. The first-order valence-corrected chi connectivity index (χ1v) is 18.5. The van der Waals surface area contributed by atoms with Crippen molar-refractivity contribution in [3.05, 3.63) is 78.4 Å². The van der Waals surface area contributed by atoms with E-state index in [1.807, 2.05) is 63.6 Å². The molecule has 4 atom stereocenters. The van der Waals surface area contributed by atoms with Crippen LogP contribution in [0.15, 0.2) is 72.0 Å². The number of hydrogen-bond acceptors (Lipinski definition) is 7. The van der Waals surface area contributed by atoms with Crippen molar-refractivity contribution in [1.29, 1.82) is 0 Å². The normalized spacial score (nSPS) is 22.2. The Morgan fingerprint density at radius 2 is 1.35 bits per heavy atom. The summed E-state index contributed by atoms with van der Waals surface area (Å²) in [5, 5.41) is 1.04. The highest BCUT2D eigenvalue weighted by atomic mass is 16.6. The summed E-state index contributed by atoms with van der Waals surface area (Å²) < 4.78 is 11.4. The molecule has 5 heterocycles. The molecule has 0 bridgehead atoms. The predicted octanol–water partition coefficient (Wildman–Crippen LogP) is 9.73. The molecule has 7 rings (SSSR count). The average Bonchev–Trinajstić information content (AvgIpc) is 3.89. The molecule has 2 saturated heterocycles. The van der Waals surface area contributed by atoms with Crippen molar-refractivity contribution in [1.82, 2.24) is 24.8 Å². The Morgan fingerprint density at radius 1 is 0.750 bits per heavy atom. The van der Waals surface area contributed by atoms with Gasteiger partial charge in [0.1, 0.15) is 17.0 Å². The smallest absolute Gasteiger partial charge is 0.411 e. The second kappa shape index (κ2) is 13.5. The predicted molar refractivity (Wildman–Crippen MR) is 205 cm³/mol. The molecule has 0 saturated carbocycles. The molecule has 2 aromatic heterocycles. The fraction of sp³-hybridized carbons (Fsp3) is 0.452. The molecule has 0 unspecified atom stereocenters. The van der Waals surface area contributed by atoms with E-state index in [0.29, 0.717) is 0 Å². The van der Waals surface area contributed by atoms with Gasteiger partial charge in [0.15, 0.2) is 0 Å². The number of allylic oxidation sites excluding steroid dienone is 1. The van der Waals surface area contributed by atoms with Gasteiger partial charge in [0.25, 0.3) is 0 Å². The van der Waals surface area contributed by atoms with Crippen LogP contribution >= 0.6 is 0 Å². The lowest BCUT2D eigenvalue weighted by molar-refractivity contribution is 0.0149. The molecule has 4 aromatic rings. The Labute approximate surface area is 306 Å². The summed E-state index contributed by atoms with van der Waals surface area (Å²) in [6.07, 6.45) is 7.46. The fourth-order valence-corrected chi connectivity index (χ4v) is 7.60. The number of aromatic amines is 1. The number of nitrogens with zero attached hydrogens (tertiary/aromatic N) is 5. The van der Waals surface area contributed by atoms with E-state index >= 15 is 0 Å². The van der Waals surface area contributed by atoms with Crippen molar-refractivity contribution in [2.45, 2.75) is 123 Å². The van der Waals surface area contributed by atoms with Crippen LogP contribution in [0, 0.1) is 0 Å². The maximum absolute atomic E-state index is 13.1. The molecule has 3 aliphatic rings. The van der Waals surface area contributed by atoms with E-state index in [9.17, 15) is 9.59 Å². The number of amides is 2. The van der Waals surface area contributed by atoms with Gasteiger partial charge in [0, 0.05) is 35.8 Å².